The number of hydrogen-bond donors (Lipinski definition) is 2. The number of rotatable bonds is 5. The van der Waals surface area contributed by atoms with E-state index in [4.69, 9.17) is 5.73 Å². The zero-order valence-electron chi connectivity index (χ0n) is 11.0. The van der Waals surface area contributed by atoms with E-state index in [0.717, 1.165) is 17.8 Å². The molecule has 0 fully saturated rings. The first-order valence-electron chi connectivity index (χ1n) is 6.15. The predicted molar refractivity (Wildman–Crippen MR) is 75.6 cm³/mol. The van der Waals surface area contributed by atoms with Crippen molar-refractivity contribution in [1.29, 1.82) is 0 Å². The summed E-state index contributed by atoms with van der Waals surface area (Å²) in [5.41, 5.74) is 6.26. The zero-order chi connectivity index (χ0) is 15.2. The summed E-state index contributed by atoms with van der Waals surface area (Å²) in [6, 6.07) is 4.81. The van der Waals surface area contributed by atoms with Gasteiger partial charge >= 0.3 is 0 Å². The summed E-state index contributed by atoms with van der Waals surface area (Å²) in [5, 5.41) is 13.3. The Kier molecular flexibility index (Phi) is 4.39. The quantitative estimate of drug-likeness (QED) is 0.623. The van der Waals surface area contributed by atoms with Crippen LogP contribution in [0.15, 0.2) is 36.8 Å². The van der Waals surface area contributed by atoms with E-state index in [2.05, 4.69) is 15.3 Å². The Hall–Kier alpha value is -3.03. The van der Waals surface area contributed by atoms with Gasteiger partial charge in [-0.1, -0.05) is 6.07 Å². The maximum atomic E-state index is 12.0. The second-order valence-electron chi connectivity index (χ2n) is 4.25. The number of pyridine rings is 2. The highest BCUT2D eigenvalue weighted by molar-refractivity contribution is 5.98. The fourth-order valence-electron chi connectivity index (χ4n) is 1.71. The van der Waals surface area contributed by atoms with Crippen molar-refractivity contribution in [3.8, 4) is 0 Å². The van der Waals surface area contributed by atoms with E-state index in [1.54, 1.807) is 18.5 Å². The minimum atomic E-state index is -0.626. The average molecular weight is 287 g/mol. The first-order valence-corrected chi connectivity index (χ1v) is 6.15. The van der Waals surface area contributed by atoms with Crippen LogP contribution in [0.4, 0.5) is 11.5 Å². The molecular weight excluding hydrogens is 274 g/mol. The third kappa shape index (κ3) is 3.72. The van der Waals surface area contributed by atoms with Gasteiger partial charge in [0.05, 0.1) is 10.5 Å². The summed E-state index contributed by atoms with van der Waals surface area (Å²) >= 11 is 0. The van der Waals surface area contributed by atoms with Crippen molar-refractivity contribution in [2.45, 2.75) is 6.42 Å². The maximum absolute atomic E-state index is 12.0. The van der Waals surface area contributed by atoms with Gasteiger partial charge in [-0.05, 0) is 18.1 Å². The fraction of sp³-hybridized carbons (Fsp3) is 0.154. The van der Waals surface area contributed by atoms with Crippen LogP contribution < -0.4 is 11.1 Å². The van der Waals surface area contributed by atoms with Crippen molar-refractivity contribution in [3.63, 3.8) is 0 Å². The van der Waals surface area contributed by atoms with E-state index in [1.807, 2.05) is 6.07 Å². The molecule has 1 amide bonds. The van der Waals surface area contributed by atoms with E-state index in [0.29, 0.717) is 13.0 Å². The molecule has 8 heteroatoms. The third-order valence-electron chi connectivity index (χ3n) is 2.78. The normalized spacial score (nSPS) is 10.1. The molecule has 0 spiro atoms. The van der Waals surface area contributed by atoms with Gasteiger partial charge in [0.15, 0.2) is 0 Å². The predicted octanol–water partition coefficient (Wildman–Crippen LogP) is 0.939. The van der Waals surface area contributed by atoms with E-state index in [9.17, 15) is 14.9 Å². The number of carbonyl (C=O) groups is 1. The lowest BCUT2D eigenvalue weighted by Gasteiger charge is -2.06. The third-order valence-corrected chi connectivity index (χ3v) is 2.78. The molecule has 8 nitrogen and oxygen atoms in total. The van der Waals surface area contributed by atoms with Crippen LogP contribution in [0.3, 0.4) is 0 Å². The Morgan fingerprint density at radius 1 is 1.43 bits per heavy atom. The number of nitrogen functional groups attached to an aromatic ring is 1. The SMILES string of the molecule is Nc1ncc([N+](=O)[O-])cc1C(=O)NCCc1cccnc1. The Labute approximate surface area is 120 Å². The lowest BCUT2D eigenvalue weighted by Crippen LogP contribution is -2.26. The van der Waals surface area contributed by atoms with Gasteiger partial charge in [-0.3, -0.25) is 19.9 Å². The summed E-state index contributed by atoms with van der Waals surface area (Å²) in [5.74, 6) is -0.535. The largest absolute Gasteiger partial charge is 0.383 e. The zero-order valence-corrected chi connectivity index (χ0v) is 11.0. The second-order valence-corrected chi connectivity index (χ2v) is 4.25. The van der Waals surface area contributed by atoms with Crippen molar-refractivity contribution < 1.29 is 9.72 Å². The summed E-state index contributed by atoms with van der Waals surface area (Å²) in [6.45, 7) is 0.368. The van der Waals surface area contributed by atoms with Crippen molar-refractivity contribution in [2.75, 3.05) is 12.3 Å². The van der Waals surface area contributed by atoms with Gasteiger partial charge in [0.2, 0.25) is 0 Å². The van der Waals surface area contributed by atoms with Gasteiger partial charge in [-0.15, -0.1) is 0 Å². The molecular formula is C13H13N5O3. The molecule has 3 N–H and O–H groups in total. The molecule has 0 aliphatic rings. The number of nitrogens with zero attached hydrogens (tertiary/aromatic N) is 3. The van der Waals surface area contributed by atoms with E-state index in [-0.39, 0.29) is 17.1 Å². The molecule has 21 heavy (non-hydrogen) atoms. The molecule has 0 unspecified atom stereocenters. The first kappa shape index (κ1) is 14.4. The van der Waals surface area contributed by atoms with E-state index in [1.165, 1.54) is 0 Å². The number of amides is 1. The number of nitrogens with two attached hydrogens (primary N) is 1. The summed E-state index contributed by atoms with van der Waals surface area (Å²) in [7, 11) is 0. The minimum Gasteiger partial charge on any atom is -0.383 e. The molecule has 0 aliphatic carbocycles. The molecule has 2 aromatic rings. The van der Waals surface area contributed by atoms with Crippen LogP contribution in [0.25, 0.3) is 0 Å². The molecule has 2 rings (SSSR count). The first-order chi connectivity index (χ1) is 10.1. The van der Waals surface area contributed by atoms with Gasteiger partial charge in [0, 0.05) is 25.0 Å². The van der Waals surface area contributed by atoms with E-state index >= 15 is 0 Å². The van der Waals surface area contributed by atoms with Crippen LogP contribution >= 0.6 is 0 Å². The van der Waals surface area contributed by atoms with Crippen LogP contribution in [0, 0.1) is 10.1 Å². The highest BCUT2D eigenvalue weighted by Gasteiger charge is 2.16. The Morgan fingerprint density at radius 3 is 2.90 bits per heavy atom. The highest BCUT2D eigenvalue weighted by atomic mass is 16.6. The number of hydrogen-bond acceptors (Lipinski definition) is 6. The standard InChI is InChI=1S/C13H13N5O3/c14-12-11(6-10(8-17-12)18(20)21)13(19)16-5-3-9-2-1-4-15-7-9/h1-2,4,6-8H,3,5H2,(H2,14,17)(H,16,19). The lowest BCUT2D eigenvalue weighted by molar-refractivity contribution is -0.385. The van der Waals surface area contributed by atoms with Crippen LogP contribution in [-0.4, -0.2) is 27.3 Å². The Morgan fingerprint density at radius 2 is 2.24 bits per heavy atom. The van der Waals surface area contributed by atoms with Crippen LogP contribution in [0.1, 0.15) is 15.9 Å². The molecule has 108 valence electrons. The molecule has 0 radical (unpaired) electrons. The number of nitrogens with one attached hydrogen (secondary N) is 1. The van der Waals surface area contributed by atoms with Crippen molar-refractivity contribution in [3.05, 3.63) is 58.0 Å². The van der Waals surface area contributed by atoms with Gasteiger partial charge in [-0.25, -0.2) is 4.98 Å². The number of nitro groups is 1. The summed E-state index contributed by atoms with van der Waals surface area (Å²) < 4.78 is 0. The van der Waals surface area contributed by atoms with Crippen molar-refractivity contribution in [1.82, 2.24) is 15.3 Å². The topological polar surface area (TPSA) is 124 Å². The van der Waals surface area contributed by atoms with Crippen LogP contribution in [0.2, 0.25) is 0 Å². The van der Waals surface area contributed by atoms with Crippen LogP contribution in [0.5, 0.6) is 0 Å². The fourth-order valence-corrected chi connectivity index (χ4v) is 1.71. The van der Waals surface area contributed by atoms with E-state index < -0.39 is 10.8 Å². The number of carbonyl (C=O) groups excluding carboxylic acids is 1. The van der Waals surface area contributed by atoms with Gasteiger partial charge in [0.1, 0.15) is 12.0 Å². The highest BCUT2D eigenvalue weighted by Crippen LogP contribution is 2.16. The maximum Gasteiger partial charge on any atom is 0.288 e. The van der Waals surface area contributed by atoms with Gasteiger partial charge in [-0.2, -0.15) is 0 Å². The smallest absolute Gasteiger partial charge is 0.288 e. The molecule has 0 aliphatic heterocycles. The molecule has 0 saturated carbocycles. The average Bonchev–Trinajstić information content (AvgIpc) is 2.48. The minimum absolute atomic E-state index is 0.00427. The summed E-state index contributed by atoms with van der Waals surface area (Å²) in [6.07, 6.45) is 4.98. The number of aromatic nitrogens is 2. The number of anilines is 1. The molecule has 0 bridgehead atoms. The lowest BCUT2D eigenvalue weighted by atomic mass is 10.2. The molecule has 2 heterocycles. The second kappa shape index (κ2) is 6.42. The monoisotopic (exact) mass is 287 g/mol. The summed E-state index contributed by atoms with van der Waals surface area (Å²) in [4.78, 5) is 29.6. The molecule has 0 atom stereocenters. The molecule has 2 aromatic heterocycles. The van der Waals surface area contributed by atoms with Gasteiger partial charge in [0.25, 0.3) is 11.6 Å². The van der Waals surface area contributed by atoms with Gasteiger partial charge < -0.3 is 11.1 Å². The molecule has 0 aromatic carbocycles. The Bertz CT molecular complexity index is 660. The molecule has 0 saturated heterocycles. The van der Waals surface area contributed by atoms with Crippen molar-refractivity contribution >= 4 is 17.4 Å². The Balaban J connectivity index is 2.00. The van der Waals surface area contributed by atoms with Crippen LogP contribution in [-0.2, 0) is 6.42 Å². The van der Waals surface area contributed by atoms with Crippen molar-refractivity contribution in [2.24, 2.45) is 0 Å².